The third-order valence-corrected chi connectivity index (χ3v) is 11.4. The summed E-state index contributed by atoms with van der Waals surface area (Å²) in [7, 11) is 0. The van der Waals surface area contributed by atoms with Gasteiger partial charge >= 0.3 is 0 Å². The lowest BCUT2D eigenvalue weighted by Gasteiger charge is -2.13. The molecular weight excluding hydrogens is 703 g/mol. The maximum atomic E-state index is 5.25. The minimum atomic E-state index is 0.657. The minimum Gasteiger partial charge on any atom is -0.265 e. The van der Waals surface area contributed by atoms with Crippen molar-refractivity contribution in [3.63, 3.8) is 0 Å². The molecule has 0 spiro atoms. The molecule has 2 aromatic heterocycles. The second kappa shape index (κ2) is 14.1. The van der Waals surface area contributed by atoms with Crippen molar-refractivity contribution in [2.45, 2.75) is 0 Å². The van der Waals surface area contributed by atoms with E-state index in [0.717, 1.165) is 33.5 Å². The highest BCUT2D eigenvalue weighted by Crippen LogP contribution is 2.38. The van der Waals surface area contributed by atoms with Crippen LogP contribution in [0.4, 0.5) is 0 Å². The topological polar surface area (TPSA) is 38.7 Å². The minimum absolute atomic E-state index is 0.657. The Morgan fingerprint density at radius 1 is 0.259 bits per heavy atom. The van der Waals surface area contributed by atoms with Crippen molar-refractivity contribution in [2.24, 2.45) is 0 Å². The van der Waals surface area contributed by atoms with Crippen LogP contribution in [0.15, 0.2) is 213 Å². The number of aromatic nitrogens is 3. The van der Waals surface area contributed by atoms with Crippen LogP contribution in [0.25, 0.3) is 110 Å². The normalized spacial score (nSPS) is 11.4. The number of rotatable bonds is 4. The van der Waals surface area contributed by atoms with Crippen LogP contribution in [0.2, 0.25) is 0 Å². The molecule has 0 saturated carbocycles. The molecule has 0 bridgehead atoms. The van der Waals surface area contributed by atoms with Gasteiger partial charge in [-0.3, -0.25) is 4.98 Å². The molecule has 0 aliphatic rings. The van der Waals surface area contributed by atoms with Gasteiger partial charge in [-0.15, -0.1) is 0 Å². The molecule has 2 heterocycles. The first-order chi connectivity index (χ1) is 28.8. The molecule has 0 aliphatic carbocycles. The predicted molar refractivity (Wildman–Crippen MR) is 244 cm³/mol. The number of pyridine rings is 1. The van der Waals surface area contributed by atoms with Crippen LogP contribution in [-0.2, 0) is 0 Å². The van der Waals surface area contributed by atoms with Crippen molar-refractivity contribution < 1.29 is 0 Å². The van der Waals surface area contributed by atoms with Gasteiger partial charge < -0.3 is 0 Å². The SMILES string of the molecule is c1ccc2c(-c3ccc(-c4cc(-c5ccc6c7ccccc7c7ccccc7c7ccccc7c7ccccc7c6c5)nc(-c5ccncc5)n4)cc3)cccc2c1. The number of fused-ring (bicyclic) bond motifs is 11. The van der Waals surface area contributed by atoms with Crippen LogP contribution in [0.1, 0.15) is 0 Å². The third-order valence-electron chi connectivity index (χ3n) is 11.4. The standard InChI is InChI=1S/C55H35N3/c1-2-14-41-36(12-1)13-11-23-42(41)37-24-26-38(27-25-37)53-35-54(58-55(57-53)39-30-32-56-33-31-39)40-28-29-51-49-21-8-7-19-47(49)45-17-4-3-15-43(45)44-16-5-6-18-46(44)48-20-9-10-22-50(48)52(51)34-40/h1-35H. The van der Waals surface area contributed by atoms with Gasteiger partial charge in [-0.25, -0.2) is 9.97 Å². The lowest BCUT2D eigenvalue weighted by atomic mass is 9.93. The molecule has 3 nitrogen and oxygen atoms in total. The molecule has 0 atom stereocenters. The zero-order chi connectivity index (χ0) is 38.4. The molecule has 0 fully saturated rings. The Balaban J connectivity index is 1.17. The van der Waals surface area contributed by atoms with Crippen LogP contribution < -0.4 is 0 Å². The summed E-state index contributed by atoms with van der Waals surface area (Å²) in [5.74, 6) is 0.657. The quantitative estimate of drug-likeness (QED) is 0.181. The van der Waals surface area contributed by atoms with Gasteiger partial charge in [-0.2, -0.15) is 0 Å². The number of nitrogens with zero attached hydrogens (tertiary/aromatic N) is 3. The van der Waals surface area contributed by atoms with Gasteiger partial charge in [0, 0.05) is 29.1 Å². The summed E-state index contributed by atoms with van der Waals surface area (Å²) in [5.41, 5.74) is 7.05. The summed E-state index contributed by atoms with van der Waals surface area (Å²) in [6, 6.07) is 71.9. The summed E-state index contributed by atoms with van der Waals surface area (Å²) in [6.07, 6.45) is 3.59. The Morgan fingerprint density at radius 2 is 0.672 bits per heavy atom. The molecule has 0 amide bonds. The largest absolute Gasteiger partial charge is 0.265 e. The van der Waals surface area contributed by atoms with Crippen LogP contribution in [0, 0.1) is 0 Å². The highest BCUT2D eigenvalue weighted by atomic mass is 14.9. The maximum Gasteiger partial charge on any atom is 0.160 e. The zero-order valence-corrected chi connectivity index (χ0v) is 31.5. The van der Waals surface area contributed by atoms with Crippen molar-refractivity contribution in [3.05, 3.63) is 213 Å². The third kappa shape index (κ3) is 5.80. The molecule has 0 N–H and O–H groups in total. The van der Waals surface area contributed by atoms with Crippen LogP contribution >= 0.6 is 0 Å². The van der Waals surface area contributed by atoms with Gasteiger partial charge in [0.15, 0.2) is 5.82 Å². The highest BCUT2D eigenvalue weighted by Gasteiger charge is 2.14. The van der Waals surface area contributed by atoms with Crippen molar-refractivity contribution in [2.75, 3.05) is 0 Å². The molecule has 0 aliphatic heterocycles. The molecule has 3 heteroatoms. The van der Waals surface area contributed by atoms with Crippen LogP contribution in [0.3, 0.4) is 0 Å². The maximum absolute atomic E-state index is 5.25. The van der Waals surface area contributed by atoms with Gasteiger partial charge in [0.25, 0.3) is 0 Å². The van der Waals surface area contributed by atoms with Crippen molar-refractivity contribution >= 4 is 64.6 Å². The predicted octanol–water partition coefficient (Wildman–Crippen LogP) is 14.6. The number of hydrogen-bond donors (Lipinski definition) is 0. The van der Waals surface area contributed by atoms with E-state index >= 15 is 0 Å². The fourth-order valence-corrected chi connectivity index (χ4v) is 8.64. The second-order valence-corrected chi connectivity index (χ2v) is 14.7. The van der Waals surface area contributed by atoms with Gasteiger partial charge in [0.2, 0.25) is 0 Å². The Bertz CT molecular complexity index is 3360. The van der Waals surface area contributed by atoms with Gasteiger partial charge in [-0.1, -0.05) is 176 Å². The molecule has 9 aromatic carbocycles. The number of hydrogen-bond acceptors (Lipinski definition) is 3. The van der Waals surface area contributed by atoms with E-state index in [2.05, 4.69) is 193 Å². The molecule has 11 aromatic rings. The average Bonchev–Trinajstić information content (AvgIpc) is 3.31. The van der Waals surface area contributed by atoms with Crippen LogP contribution in [0.5, 0.6) is 0 Å². The van der Waals surface area contributed by atoms with E-state index in [1.165, 1.54) is 70.4 Å². The van der Waals surface area contributed by atoms with Crippen molar-refractivity contribution in [3.8, 4) is 45.0 Å². The molecule has 0 unspecified atom stereocenters. The first-order valence-electron chi connectivity index (χ1n) is 19.7. The van der Waals surface area contributed by atoms with Gasteiger partial charge in [0.1, 0.15) is 0 Å². The molecule has 270 valence electrons. The highest BCUT2D eigenvalue weighted by molar-refractivity contribution is 6.26. The second-order valence-electron chi connectivity index (χ2n) is 14.7. The average molecular weight is 738 g/mol. The fourth-order valence-electron chi connectivity index (χ4n) is 8.64. The Morgan fingerprint density at radius 3 is 1.22 bits per heavy atom. The van der Waals surface area contributed by atoms with E-state index in [1.54, 1.807) is 12.4 Å². The summed E-state index contributed by atoms with van der Waals surface area (Å²) in [6.45, 7) is 0. The van der Waals surface area contributed by atoms with Crippen molar-refractivity contribution in [1.29, 1.82) is 0 Å². The molecular formula is C55H35N3. The van der Waals surface area contributed by atoms with E-state index in [-0.39, 0.29) is 0 Å². The smallest absolute Gasteiger partial charge is 0.160 e. The summed E-state index contributed by atoms with van der Waals surface area (Å²) in [4.78, 5) is 14.7. The lowest BCUT2D eigenvalue weighted by Crippen LogP contribution is -1.96. The first kappa shape index (κ1) is 33.6. The monoisotopic (exact) mass is 737 g/mol. The van der Waals surface area contributed by atoms with E-state index < -0.39 is 0 Å². The molecule has 0 radical (unpaired) electrons. The van der Waals surface area contributed by atoms with E-state index in [1.807, 2.05) is 12.1 Å². The molecule has 11 rings (SSSR count). The van der Waals surface area contributed by atoms with E-state index in [4.69, 9.17) is 9.97 Å². The Kier molecular flexibility index (Phi) is 8.15. The fraction of sp³-hybridized carbons (Fsp3) is 0. The van der Waals surface area contributed by atoms with Gasteiger partial charge in [0.05, 0.1) is 11.4 Å². The summed E-state index contributed by atoms with van der Waals surface area (Å²) < 4.78 is 0. The molecule has 0 saturated heterocycles. The lowest BCUT2D eigenvalue weighted by molar-refractivity contribution is 1.18. The van der Waals surface area contributed by atoms with Gasteiger partial charge in [-0.05, 0) is 100 Å². The van der Waals surface area contributed by atoms with Crippen molar-refractivity contribution in [1.82, 2.24) is 15.0 Å². The van der Waals surface area contributed by atoms with E-state index in [0.29, 0.717) is 5.82 Å². The summed E-state index contributed by atoms with van der Waals surface area (Å²) >= 11 is 0. The summed E-state index contributed by atoms with van der Waals surface area (Å²) in [5, 5.41) is 14.4. The zero-order valence-electron chi connectivity index (χ0n) is 31.5. The Labute approximate surface area is 335 Å². The number of benzene rings is 8. The van der Waals surface area contributed by atoms with E-state index in [9.17, 15) is 0 Å². The molecule has 58 heavy (non-hydrogen) atoms. The first-order valence-corrected chi connectivity index (χ1v) is 19.7. The van der Waals surface area contributed by atoms with Crippen LogP contribution in [-0.4, -0.2) is 15.0 Å². The Hall–Kier alpha value is -7.75.